The number of aliphatic hydroxyl groups excluding tert-OH is 1. The SMILES string of the molecule is O=C(OCc1ccccc1)N1CCC(Oc2ccc(CO)cc2)CC1. The molecule has 1 aliphatic heterocycles. The summed E-state index contributed by atoms with van der Waals surface area (Å²) in [7, 11) is 0. The Labute approximate surface area is 147 Å². The van der Waals surface area contributed by atoms with E-state index >= 15 is 0 Å². The molecule has 5 heteroatoms. The van der Waals surface area contributed by atoms with E-state index in [0.717, 1.165) is 29.7 Å². The van der Waals surface area contributed by atoms with Crippen LogP contribution in [0.25, 0.3) is 0 Å². The van der Waals surface area contributed by atoms with Crippen molar-refractivity contribution in [1.29, 1.82) is 0 Å². The number of nitrogens with zero attached hydrogens (tertiary/aromatic N) is 1. The number of aliphatic hydroxyl groups is 1. The summed E-state index contributed by atoms with van der Waals surface area (Å²) in [6.45, 7) is 1.59. The lowest BCUT2D eigenvalue weighted by Crippen LogP contribution is -2.42. The first-order chi connectivity index (χ1) is 12.2. The van der Waals surface area contributed by atoms with Gasteiger partial charge in [0.1, 0.15) is 18.5 Å². The number of piperidine rings is 1. The Morgan fingerprint density at radius 3 is 2.32 bits per heavy atom. The van der Waals surface area contributed by atoms with Crippen LogP contribution < -0.4 is 4.74 Å². The predicted molar refractivity (Wildman–Crippen MR) is 94.2 cm³/mol. The molecule has 1 saturated heterocycles. The number of benzene rings is 2. The van der Waals surface area contributed by atoms with Gasteiger partial charge in [0.25, 0.3) is 0 Å². The lowest BCUT2D eigenvalue weighted by Gasteiger charge is -2.31. The molecule has 1 fully saturated rings. The number of carbonyl (C=O) groups excluding carboxylic acids is 1. The highest BCUT2D eigenvalue weighted by Gasteiger charge is 2.24. The Hall–Kier alpha value is -2.53. The van der Waals surface area contributed by atoms with Crippen molar-refractivity contribution in [3.63, 3.8) is 0 Å². The molecule has 1 N–H and O–H groups in total. The predicted octanol–water partition coefficient (Wildman–Crippen LogP) is 3.36. The van der Waals surface area contributed by atoms with Gasteiger partial charge in [-0.25, -0.2) is 4.79 Å². The van der Waals surface area contributed by atoms with Crippen molar-refractivity contribution >= 4 is 6.09 Å². The van der Waals surface area contributed by atoms with Crippen LogP contribution in [0, 0.1) is 0 Å². The van der Waals surface area contributed by atoms with Gasteiger partial charge < -0.3 is 19.5 Å². The van der Waals surface area contributed by atoms with E-state index in [-0.39, 0.29) is 18.8 Å². The van der Waals surface area contributed by atoms with Crippen LogP contribution in [0.1, 0.15) is 24.0 Å². The topological polar surface area (TPSA) is 59.0 Å². The summed E-state index contributed by atoms with van der Waals surface area (Å²) in [6.07, 6.45) is 1.39. The van der Waals surface area contributed by atoms with Crippen molar-refractivity contribution in [2.75, 3.05) is 13.1 Å². The zero-order chi connectivity index (χ0) is 17.5. The Morgan fingerprint density at radius 2 is 1.68 bits per heavy atom. The lowest BCUT2D eigenvalue weighted by molar-refractivity contribution is 0.0638. The molecule has 132 valence electrons. The zero-order valence-corrected chi connectivity index (χ0v) is 14.1. The number of amides is 1. The number of hydrogen-bond acceptors (Lipinski definition) is 4. The van der Waals surface area contributed by atoms with Gasteiger partial charge in [-0.15, -0.1) is 0 Å². The molecule has 25 heavy (non-hydrogen) atoms. The van der Waals surface area contributed by atoms with Gasteiger partial charge in [-0.1, -0.05) is 42.5 Å². The molecule has 2 aromatic rings. The second kappa shape index (κ2) is 8.53. The summed E-state index contributed by atoms with van der Waals surface area (Å²) in [6, 6.07) is 17.1. The summed E-state index contributed by atoms with van der Waals surface area (Å²) in [5, 5.41) is 9.06. The van der Waals surface area contributed by atoms with Gasteiger partial charge >= 0.3 is 6.09 Å². The molecule has 1 aliphatic rings. The molecule has 0 saturated carbocycles. The number of hydrogen-bond donors (Lipinski definition) is 1. The average molecular weight is 341 g/mol. The molecule has 5 nitrogen and oxygen atoms in total. The molecule has 1 amide bonds. The quantitative estimate of drug-likeness (QED) is 0.906. The van der Waals surface area contributed by atoms with Gasteiger partial charge in [-0.05, 0) is 23.3 Å². The fourth-order valence-electron chi connectivity index (χ4n) is 2.83. The molecule has 0 spiro atoms. The molecule has 0 bridgehead atoms. The highest BCUT2D eigenvalue weighted by Crippen LogP contribution is 2.20. The third-order valence-corrected chi connectivity index (χ3v) is 4.31. The first-order valence-corrected chi connectivity index (χ1v) is 8.56. The maximum absolute atomic E-state index is 12.1. The van der Waals surface area contributed by atoms with Crippen LogP contribution in [0.2, 0.25) is 0 Å². The van der Waals surface area contributed by atoms with E-state index in [1.54, 1.807) is 4.90 Å². The number of ether oxygens (including phenoxy) is 2. The van der Waals surface area contributed by atoms with E-state index < -0.39 is 0 Å². The van der Waals surface area contributed by atoms with Crippen LogP contribution in [0.15, 0.2) is 54.6 Å². The number of carbonyl (C=O) groups is 1. The van der Waals surface area contributed by atoms with Gasteiger partial charge in [-0.3, -0.25) is 0 Å². The molecule has 0 aromatic heterocycles. The molecule has 0 aliphatic carbocycles. The second-order valence-electron chi connectivity index (χ2n) is 6.15. The fourth-order valence-corrected chi connectivity index (χ4v) is 2.83. The van der Waals surface area contributed by atoms with Gasteiger partial charge in [0, 0.05) is 25.9 Å². The summed E-state index contributed by atoms with van der Waals surface area (Å²) >= 11 is 0. The number of likely N-dealkylation sites (tertiary alicyclic amines) is 1. The van der Waals surface area contributed by atoms with Crippen molar-refractivity contribution in [3.8, 4) is 5.75 Å². The minimum Gasteiger partial charge on any atom is -0.490 e. The molecule has 2 aromatic carbocycles. The minimum atomic E-state index is -0.269. The summed E-state index contributed by atoms with van der Waals surface area (Å²) < 4.78 is 11.3. The van der Waals surface area contributed by atoms with Crippen LogP contribution in [-0.2, 0) is 18.0 Å². The lowest BCUT2D eigenvalue weighted by atomic mass is 10.1. The van der Waals surface area contributed by atoms with E-state index in [4.69, 9.17) is 14.6 Å². The zero-order valence-electron chi connectivity index (χ0n) is 14.1. The molecule has 3 rings (SSSR count). The molecule has 0 unspecified atom stereocenters. The molecular weight excluding hydrogens is 318 g/mol. The summed E-state index contributed by atoms with van der Waals surface area (Å²) in [4.78, 5) is 13.9. The van der Waals surface area contributed by atoms with E-state index in [1.807, 2.05) is 54.6 Å². The largest absolute Gasteiger partial charge is 0.490 e. The average Bonchev–Trinajstić information content (AvgIpc) is 2.68. The third kappa shape index (κ3) is 4.97. The molecule has 0 atom stereocenters. The molecular formula is C20H23NO4. The second-order valence-corrected chi connectivity index (χ2v) is 6.15. The third-order valence-electron chi connectivity index (χ3n) is 4.31. The fraction of sp³-hybridized carbons (Fsp3) is 0.350. The van der Waals surface area contributed by atoms with Crippen LogP contribution in [0.3, 0.4) is 0 Å². The molecule has 1 heterocycles. The summed E-state index contributed by atoms with van der Waals surface area (Å²) in [5.74, 6) is 0.794. The van der Waals surface area contributed by atoms with Crippen molar-refractivity contribution in [1.82, 2.24) is 4.90 Å². The Morgan fingerprint density at radius 1 is 1.00 bits per heavy atom. The Kier molecular flexibility index (Phi) is 5.90. The van der Waals surface area contributed by atoms with E-state index in [0.29, 0.717) is 19.7 Å². The van der Waals surface area contributed by atoms with Crippen molar-refractivity contribution in [3.05, 3.63) is 65.7 Å². The van der Waals surface area contributed by atoms with Crippen LogP contribution in [0.5, 0.6) is 5.75 Å². The van der Waals surface area contributed by atoms with E-state index in [2.05, 4.69) is 0 Å². The van der Waals surface area contributed by atoms with Gasteiger partial charge in [-0.2, -0.15) is 0 Å². The Balaban J connectivity index is 1.42. The standard InChI is InChI=1S/C20H23NO4/c22-14-16-6-8-18(9-7-16)25-19-10-12-21(13-11-19)20(23)24-15-17-4-2-1-3-5-17/h1-9,19,22H,10-15H2. The highest BCUT2D eigenvalue weighted by molar-refractivity contribution is 5.67. The normalized spacial score (nSPS) is 15.0. The van der Waals surface area contributed by atoms with Crippen LogP contribution >= 0.6 is 0 Å². The minimum absolute atomic E-state index is 0.0315. The van der Waals surface area contributed by atoms with Crippen LogP contribution in [-0.4, -0.2) is 35.3 Å². The first-order valence-electron chi connectivity index (χ1n) is 8.56. The molecule has 0 radical (unpaired) electrons. The van der Waals surface area contributed by atoms with E-state index in [9.17, 15) is 4.79 Å². The van der Waals surface area contributed by atoms with E-state index in [1.165, 1.54) is 0 Å². The van der Waals surface area contributed by atoms with Crippen molar-refractivity contribution in [2.24, 2.45) is 0 Å². The van der Waals surface area contributed by atoms with Gasteiger partial charge in [0.15, 0.2) is 0 Å². The van der Waals surface area contributed by atoms with Crippen LogP contribution in [0.4, 0.5) is 4.79 Å². The van der Waals surface area contributed by atoms with Crippen molar-refractivity contribution < 1.29 is 19.4 Å². The smallest absolute Gasteiger partial charge is 0.410 e. The summed E-state index contributed by atoms with van der Waals surface area (Å²) in [5.41, 5.74) is 1.85. The highest BCUT2D eigenvalue weighted by atomic mass is 16.6. The van der Waals surface area contributed by atoms with Gasteiger partial charge in [0.2, 0.25) is 0 Å². The monoisotopic (exact) mass is 341 g/mol. The maximum Gasteiger partial charge on any atom is 0.410 e. The van der Waals surface area contributed by atoms with Crippen molar-refractivity contribution in [2.45, 2.75) is 32.2 Å². The van der Waals surface area contributed by atoms with Gasteiger partial charge in [0.05, 0.1) is 6.61 Å². The number of rotatable bonds is 5. The Bertz CT molecular complexity index is 664. The maximum atomic E-state index is 12.1. The first kappa shape index (κ1) is 17.3.